The van der Waals surface area contributed by atoms with Crippen LogP contribution in [0.5, 0.6) is 11.5 Å². The lowest BCUT2D eigenvalue weighted by molar-refractivity contribution is -0.140. The van der Waals surface area contributed by atoms with E-state index in [-0.39, 0.29) is 11.5 Å². The Labute approximate surface area is 138 Å². The number of nitrogens with one attached hydrogen (secondary N) is 1. The number of rotatable bonds is 6. The molecule has 0 radical (unpaired) electrons. The van der Waals surface area contributed by atoms with Gasteiger partial charge in [-0.2, -0.15) is 0 Å². The lowest BCUT2D eigenvalue weighted by atomic mass is 9.88. The molecule has 1 aromatic rings. The minimum atomic E-state index is -0.807. The van der Waals surface area contributed by atoms with Gasteiger partial charge in [-0.25, -0.2) is 0 Å². The Morgan fingerprint density at radius 3 is 2.52 bits per heavy atom. The molecule has 23 heavy (non-hydrogen) atoms. The fourth-order valence-corrected chi connectivity index (χ4v) is 2.58. The van der Waals surface area contributed by atoms with Crippen molar-refractivity contribution >= 4 is 5.97 Å². The molecule has 2 unspecified atom stereocenters. The van der Waals surface area contributed by atoms with Gasteiger partial charge in [-0.15, -0.1) is 0 Å². The molecule has 0 bridgehead atoms. The molecule has 0 fully saturated rings. The second-order valence-electron chi connectivity index (χ2n) is 7.28. The van der Waals surface area contributed by atoms with Crippen molar-refractivity contribution in [2.24, 2.45) is 5.41 Å². The summed E-state index contributed by atoms with van der Waals surface area (Å²) in [6.45, 7) is 9.44. The van der Waals surface area contributed by atoms with Crippen LogP contribution in [0.25, 0.3) is 0 Å². The molecule has 1 aliphatic rings. The zero-order valence-corrected chi connectivity index (χ0v) is 14.4. The lowest BCUT2D eigenvalue weighted by Crippen LogP contribution is -2.39. The van der Waals surface area contributed by atoms with Gasteiger partial charge in [-0.05, 0) is 42.9 Å². The molecule has 0 saturated heterocycles. The van der Waals surface area contributed by atoms with E-state index in [9.17, 15) is 9.90 Å². The van der Waals surface area contributed by atoms with Crippen molar-refractivity contribution in [1.82, 2.24) is 5.32 Å². The molecule has 0 spiro atoms. The maximum atomic E-state index is 11.5. The quantitative estimate of drug-likeness (QED) is 0.840. The van der Waals surface area contributed by atoms with E-state index in [0.717, 1.165) is 23.5 Å². The zero-order chi connectivity index (χ0) is 17.0. The highest BCUT2D eigenvalue weighted by molar-refractivity contribution is 5.73. The van der Waals surface area contributed by atoms with Gasteiger partial charge < -0.3 is 14.6 Å². The summed E-state index contributed by atoms with van der Waals surface area (Å²) in [5.74, 6) is 0.664. The van der Waals surface area contributed by atoms with Crippen LogP contribution in [0.15, 0.2) is 18.2 Å². The minimum absolute atomic E-state index is 0.0769. The average molecular weight is 321 g/mol. The van der Waals surface area contributed by atoms with Gasteiger partial charge in [0.15, 0.2) is 11.5 Å². The first-order valence-corrected chi connectivity index (χ1v) is 8.15. The van der Waals surface area contributed by atoms with Crippen molar-refractivity contribution in [3.63, 3.8) is 0 Å². The van der Waals surface area contributed by atoms with Crippen molar-refractivity contribution in [3.8, 4) is 11.5 Å². The van der Waals surface area contributed by atoms with Crippen molar-refractivity contribution in [2.45, 2.75) is 52.6 Å². The summed E-state index contributed by atoms with van der Waals surface area (Å²) in [5, 5.41) is 12.7. The van der Waals surface area contributed by atoms with Gasteiger partial charge in [0.2, 0.25) is 0 Å². The molecule has 5 heteroatoms. The number of hydrogen-bond donors (Lipinski definition) is 2. The van der Waals surface area contributed by atoms with E-state index in [2.05, 4.69) is 26.1 Å². The molecule has 2 rings (SSSR count). The predicted octanol–water partition coefficient (Wildman–Crippen LogP) is 3.39. The highest BCUT2D eigenvalue weighted by Gasteiger charge is 2.23. The SMILES string of the molecule is CC(NC(CCC(C)(C)C)C(=O)O)c1ccc2c(c1)OCCO2. The molecular formula is C18H27NO4. The number of carboxylic acids is 1. The van der Waals surface area contributed by atoms with E-state index < -0.39 is 12.0 Å². The van der Waals surface area contributed by atoms with Gasteiger partial charge in [0, 0.05) is 6.04 Å². The van der Waals surface area contributed by atoms with Gasteiger partial charge in [-0.1, -0.05) is 26.8 Å². The van der Waals surface area contributed by atoms with Crippen molar-refractivity contribution in [2.75, 3.05) is 13.2 Å². The van der Waals surface area contributed by atoms with Crippen LogP contribution in [0, 0.1) is 5.41 Å². The third-order valence-electron chi connectivity index (χ3n) is 4.00. The fourth-order valence-electron chi connectivity index (χ4n) is 2.58. The molecule has 2 N–H and O–H groups in total. The van der Waals surface area contributed by atoms with Crippen LogP contribution in [-0.2, 0) is 4.79 Å². The zero-order valence-electron chi connectivity index (χ0n) is 14.4. The molecule has 0 aliphatic carbocycles. The summed E-state index contributed by atoms with van der Waals surface area (Å²) in [4.78, 5) is 11.5. The van der Waals surface area contributed by atoms with Crippen molar-refractivity contribution in [3.05, 3.63) is 23.8 Å². The summed E-state index contributed by atoms with van der Waals surface area (Å²) < 4.78 is 11.1. The van der Waals surface area contributed by atoms with Crippen LogP contribution in [0.3, 0.4) is 0 Å². The highest BCUT2D eigenvalue weighted by atomic mass is 16.6. The first kappa shape index (κ1) is 17.6. The van der Waals surface area contributed by atoms with Gasteiger partial charge in [0.05, 0.1) is 0 Å². The Morgan fingerprint density at radius 2 is 1.91 bits per heavy atom. The Morgan fingerprint density at radius 1 is 1.26 bits per heavy atom. The van der Waals surface area contributed by atoms with E-state index in [1.807, 2.05) is 25.1 Å². The van der Waals surface area contributed by atoms with Gasteiger partial charge in [-0.3, -0.25) is 10.1 Å². The molecule has 0 saturated carbocycles. The van der Waals surface area contributed by atoms with Gasteiger partial charge in [0.25, 0.3) is 0 Å². The summed E-state index contributed by atoms with van der Waals surface area (Å²) in [5.41, 5.74) is 1.12. The molecular weight excluding hydrogens is 294 g/mol. The van der Waals surface area contributed by atoms with Crippen molar-refractivity contribution < 1.29 is 19.4 Å². The lowest BCUT2D eigenvalue weighted by Gasteiger charge is -2.25. The van der Waals surface area contributed by atoms with E-state index in [1.165, 1.54) is 0 Å². The molecule has 0 aromatic heterocycles. The summed E-state index contributed by atoms with van der Waals surface area (Å²) in [6.07, 6.45) is 1.46. The van der Waals surface area contributed by atoms with Crippen LogP contribution in [0.1, 0.15) is 52.1 Å². The number of benzene rings is 1. The number of fused-ring (bicyclic) bond motifs is 1. The second-order valence-corrected chi connectivity index (χ2v) is 7.28. The molecule has 5 nitrogen and oxygen atoms in total. The first-order chi connectivity index (χ1) is 10.8. The maximum absolute atomic E-state index is 11.5. The van der Waals surface area contributed by atoms with Crippen LogP contribution in [0.4, 0.5) is 0 Å². The minimum Gasteiger partial charge on any atom is -0.486 e. The molecule has 1 aliphatic heterocycles. The molecule has 1 aromatic carbocycles. The fraction of sp³-hybridized carbons (Fsp3) is 0.611. The van der Waals surface area contributed by atoms with Crippen LogP contribution >= 0.6 is 0 Å². The van der Waals surface area contributed by atoms with E-state index >= 15 is 0 Å². The number of aliphatic carboxylic acids is 1. The number of hydrogen-bond acceptors (Lipinski definition) is 4. The Bertz CT molecular complexity index is 550. The van der Waals surface area contributed by atoms with Crippen molar-refractivity contribution in [1.29, 1.82) is 0 Å². The summed E-state index contributed by atoms with van der Waals surface area (Å²) >= 11 is 0. The third-order valence-corrected chi connectivity index (χ3v) is 4.00. The van der Waals surface area contributed by atoms with Crippen LogP contribution in [0.2, 0.25) is 0 Å². The number of carbonyl (C=O) groups is 1. The normalized spacial score (nSPS) is 16.7. The summed E-state index contributed by atoms with van der Waals surface area (Å²) in [6, 6.07) is 5.12. The Balaban J connectivity index is 2.03. The topological polar surface area (TPSA) is 67.8 Å². The van der Waals surface area contributed by atoms with Gasteiger partial charge in [0.1, 0.15) is 19.3 Å². The number of carboxylic acid groups (broad SMARTS) is 1. The smallest absolute Gasteiger partial charge is 0.320 e. The Kier molecular flexibility index (Phi) is 5.52. The Hall–Kier alpha value is -1.75. The van der Waals surface area contributed by atoms with Crippen LogP contribution < -0.4 is 14.8 Å². The molecule has 0 amide bonds. The standard InChI is InChI=1S/C18H27NO4/c1-12(19-14(17(20)21)7-8-18(2,3)4)13-5-6-15-16(11-13)23-10-9-22-15/h5-6,11-12,14,19H,7-10H2,1-4H3,(H,20,21). The second kappa shape index (κ2) is 7.21. The highest BCUT2D eigenvalue weighted by Crippen LogP contribution is 2.33. The largest absolute Gasteiger partial charge is 0.486 e. The molecule has 1 heterocycles. The number of ether oxygens (including phenoxy) is 2. The predicted molar refractivity (Wildman–Crippen MR) is 89.1 cm³/mol. The van der Waals surface area contributed by atoms with E-state index in [4.69, 9.17) is 9.47 Å². The van der Waals surface area contributed by atoms with Gasteiger partial charge >= 0.3 is 5.97 Å². The third kappa shape index (κ3) is 5.13. The summed E-state index contributed by atoms with van der Waals surface area (Å²) in [7, 11) is 0. The molecule has 2 atom stereocenters. The van der Waals surface area contributed by atoms with E-state index in [0.29, 0.717) is 19.6 Å². The first-order valence-electron chi connectivity index (χ1n) is 8.15. The molecule has 128 valence electrons. The van der Waals surface area contributed by atoms with Crippen LogP contribution in [-0.4, -0.2) is 30.3 Å². The van der Waals surface area contributed by atoms with E-state index in [1.54, 1.807) is 0 Å². The average Bonchev–Trinajstić information content (AvgIpc) is 2.49. The maximum Gasteiger partial charge on any atom is 0.320 e. The monoisotopic (exact) mass is 321 g/mol.